The Balaban J connectivity index is 2.39. The van der Waals surface area contributed by atoms with E-state index in [2.05, 4.69) is 5.32 Å². The molecule has 0 aromatic heterocycles. The average Bonchev–Trinajstić information content (AvgIpc) is 2.39. The van der Waals surface area contributed by atoms with Gasteiger partial charge in [-0.1, -0.05) is 6.92 Å². The van der Waals surface area contributed by atoms with Crippen molar-refractivity contribution in [2.24, 2.45) is 5.41 Å². The summed E-state index contributed by atoms with van der Waals surface area (Å²) in [5.41, 5.74) is -0.601. The zero-order valence-corrected chi connectivity index (χ0v) is 12.6. The fourth-order valence-electron chi connectivity index (χ4n) is 2.67. The van der Waals surface area contributed by atoms with Crippen LogP contribution >= 0.6 is 0 Å². The Morgan fingerprint density at radius 1 is 1.40 bits per heavy atom. The maximum atomic E-state index is 11.8. The van der Waals surface area contributed by atoms with Gasteiger partial charge in [-0.2, -0.15) is 0 Å². The van der Waals surface area contributed by atoms with Crippen molar-refractivity contribution in [3.8, 4) is 0 Å². The molecule has 0 bridgehead atoms. The molecule has 6 nitrogen and oxygen atoms in total. The number of carboxylic acids is 1. The van der Waals surface area contributed by atoms with Crippen LogP contribution in [0.5, 0.6) is 0 Å². The molecule has 1 amide bonds. The van der Waals surface area contributed by atoms with E-state index in [0.29, 0.717) is 45.5 Å². The Bertz CT molecular complexity index is 338. The van der Waals surface area contributed by atoms with Gasteiger partial charge in [0.15, 0.2) is 0 Å². The number of piperidine rings is 1. The van der Waals surface area contributed by atoms with E-state index in [4.69, 9.17) is 4.74 Å². The van der Waals surface area contributed by atoms with Crippen LogP contribution in [0.3, 0.4) is 0 Å². The number of likely N-dealkylation sites (tertiary alicyclic amines) is 1. The third-order valence-electron chi connectivity index (χ3n) is 4.13. The summed E-state index contributed by atoms with van der Waals surface area (Å²) in [6, 6.07) is -0.00829. The minimum Gasteiger partial charge on any atom is -0.481 e. The second-order valence-electron chi connectivity index (χ2n) is 5.64. The molecule has 116 valence electrons. The van der Waals surface area contributed by atoms with E-state index in [1.165, 1.54) is 0 Å². The van der Waals surface area contributed by atoms with Crippen LogP contribution in [0.15, 0.2) is 0 Å². The number of methoxy groups -OCH3 is 1. The number of aliphatic carboxylic acids is 1. The molecule has 2 N–H and O–H groups in total. The van der Waals surface area contributed by atoms with Gasteiger partial charge in [0, 0.05) is 13.2 Å². The minimum atomic E-state index is -0.710. The summed E-state index contributed by atoms with van der Waals surface area (Å²) in [4.78, 5) is 25.2. The second kappa shape index (κ2) is 7.59. The van der Waals surface area contributed by atoms with E-state index >= 15 is 0 Å². The SMILES string of the molecule is CCC1(C(=O)O)CCN(CC(=O)NC(C)COC)CC1. The van der Waals surface area contributed by atoms with Crippen LogP contribution in [-0.4, -0.2) is 61.3 Å². The van der Waals surface area contributed by atoms with Gasteiger partial charge >= 0.3 is 5.97 Å². The van der Waals surface area contributed by atoms with Gasteiger partial charge in [0.25, 0.3) is 0 Å². The summed E-state index contributed by atoms with van der Waals surface area (Å²) in [5.74, 6) is -0.744. The maximum Gasteiger partial charge on any atom is 0.309 e. The summed E-state index contributed by atoms with van der Waals surface area (Å²) in [6.45, 7) is 5.95. The Hall–Kier alpha value is -1.14. The van der Waals surface area contributed by atoms with Crippen molar-refractivity contribution in [1.82, 2.24) is 10.2 Å². The van der Waals surface area contributed by atoms with Crippen molar-refractivity contribution in [2.75, 3.05) is 33.4 Å². The Labute approximate surface area is 120 Å². The lowest BCUT2D eigenvalue weighted by Crippen LogP contribution is -2.48. The predicted molar refractivity (Wildman–Crippen MR) is 75.5 cm³/mol. The van der Waals surface area contributed by atoms with Crippen molar-refractivity contribution in [3.63, 3.8) is 0 Å². The van der Waals surface area contributed by atoms with Crippen molar-refractivity contribution in [1.29, 1.82) is 0 Å². The van der Waals surface area contributed by atoms with Crippen LogP contribution in [-0.2, 0) is 14.3 Å². The molecule has 1 unspecified atom stereocenters. The van der Waals surface area contributed by atoms with Crippen LogP contribution in [0.4, 0.5) is 0 Å². The number of carbonyl (C=O) groups excluding carboxylic acids is 1. The van der Waals surface area contributed by atoms with Crippen molar-refractivity contribution in [2.45, 2.75) is 39.2 Å². The molecule has 1 fully saturated rings. The van der Waals surface area contributed by atoms with Crippen LogP contribution in [0.2, 0.25) is 0 Å². The molecule has 0 aliphatic carbocycles. The summed E-state index contributed by atoms with van der Waals surface area (Å²) >= 11 is 0. The van der Waals surface area contributed by atoms with Crippen LogP contribution in [0, 0.1) is 5.41 Å². The lowest BCUT2D eigenvalue weighted by Gasteiger charge is -2.38. The molecule has 1 aliphatic rings. The summed E-state index contributed by atoms with van der Waals surface area (Å²) in [5, 5.41) is 12.2. The summed E-state index contributed by atoms with van der Waals surface area (Å²) in [6.07, 6.45) is 1.87. The normalized spacial score (nSPS) is 20.4. The van der Waals surface area contributed by atoms with Gasteiger partial charge in [0.05, 0.1) is 18.6 Å². The molecule has 0 radical (unpaired) electrons. The van der Waals surface area contributed by atoms with Gasteiger partial charge in [-0.05, 0) is 39.3 Å². The zero-order chi connectivity index (χ0) is 15.2. The Morgan fingerprint density at radius 2 is 2.00 bits per heavy atom. The quantitative estimate of drug-likeness (QED) is 0.721. The largest absolute Gasteiger partial charge is 0.481 e. The lowest BCUT2D eigenvalue weighted by molar-refractivity contribution is -0.152. The van der Waals surface area contributed by atoms with E-state index in [0.717, 1.165) is 0 Å². The molecule has 0 aromatic carbocycles. The molecule has 0 saturated carbocycles. The van der Waals surface area contributed by atoms with Gasteiger partial charge in [-0.25, -0.2) is 0 Å². The van der Waals surface area contributed by atoms with Gasteiger partial charge < -0.3 is 15.2 Å². The molecule has 1 saturated heterocycles. The monoisotopic (exact) mass is 286 g/mol. The van der Waals surface area contributed by atoms with Crippen molar-refractivity contribution < 1.29 is 19.4 Å². The highest BCUT2D eigenvalue weighted by Gasteiger charge is 2.39. The van der Waals surface area contributed by atoms with E-state index in [1.54, 1.807) is 7.11 Å². The van der Waals surface area contributed by atoms with E-state index in [9.17, 15) is 14.7 Å². The molecule has 0 aromatic rings. The first-order valence-electron chi connectivity index (χ1n) is 7.17. The molecule has 1 rings (SSSR count). The first kappa shape index (κ1) is 16.9. The molecule has 6 heteroatoms. The number of amides is 1. The van der Waals surface area contributed by atoms with Crippen molar-refractivity contribution >= 4 is 11.9 Å². The lowest BCUT2D eigenvalue weighted by atomic mass is 9.76. The van der Waals surface area contributed by atoms with Gasteiger partial charge in [0.2, 0.25) is 5.91 Å². The van der Waals surface area contributed by atoms with E-state index < -0.39 is 11.4 Å². The third-order valence-corrected chi connectivity index (χ3v) is 4.13. The molecule has 1 heterocycles. The summed E-state index contributed by atoms with van der Waals surface area (Å²) < 4.78 is 4.97. The number of hydrogen-bond donors (Lipinski definition) is 2. The fraction of sp³-hybridized carbons (Fsp3) is 0.857. The van der Waals surface area contributed by atoms with E-state index in [1.807, 2.05) is 18.7 Å². The summed E-state index contributed by atoms with van der Waals surface area (Å²) in [7, 11) is 1.60. The number of hydrogen-bond acceptors (Lipinski definition) is 4. The Kier molecular flexibility index (Phi) is 6.42. The number of carbonyl (C=O) groups is 2. The average molecular weight is 286 g/mol. The standard InChI is InChI=1S/C14H26N2O4/c1-4-14(13(18)19)5-7-16(8-6-14)9-12(17)15-11(2)10-20-3/h11H,4-10H2,1-3H3,(H,15,17)(H,18,19). The third kappa shape index (κ3) is 4.45. The van der Waals surface area contributed by atoms with Crippen LogP contribution in [0.1, 0.15) is 33.1 Å². The van der Waals surface area contributed by atoms with Crippen LogP contribution < -0.4 is 5.32 Å². The fourth-order valence-corrected chi connectivity index (χ4v) is 2.67. The van der Waals surface area contributed by atoms with Crippen LogP contribution in [0.25, 0.3) is 0 Å². The first-order valence-corrected chi connectivity index (χ1v) is 7.17. The first-order chi connectivity index (χ1) is 9.43. The number of carboxylic acid groups (broad SMARTS) is 1. The number of nitrogens with zero attached hydrogens (tertiary/aromatic N) is 1. The number of rotatable bonds is 7. The zero-order valence-electron chi connectivity index (χ0n) is 12.6. The van der Waals surface area contributed by atoms with Gasteiger partial charge in [-0.3, -0.25) is 14.5 Å². The maximum absolute atomic E-state index is 11.8. The predicted octanol–water partition coefficient (Wildman–Crippen LogP) is 0.714. The Morgan fingerprint density at radius 3 is 2.45 bits per heavy atom. The molecular weight excluding hydrogens is 260 g/mol. The van der Waals surface area contributed by atoms with Crippen molar-refractivity contribution in [3.05, 3.63) is 0 Å². The van der Waals surface area contributed by atoms with Gasteiger partial charge in [0.1, 0.15) is 0 Å². The topological polar surface area (TPSA) is 78.9 Å². The molecule has 1 aliphatic heterocycles. The smallest absolute Gasteiger partial charge is 0.309 e. The molecular formula is C14H26N2O4. The highest BCUT2D eigenvalue weighted by molar-refractivity contribution is 5.78. The molecule has 20 heavy (non-hydrogen) atoms. The molecule has 0 spiro atoms. The van der Waals surface area contributed by atoms with Gasteiger partial charge in [-0.15, -0.1) is 0 Å². The highest BCUT2D eigenvalue weighted by Crippen LogP contribution is 2.34. The number of ether oxygens (including phenoxy) is 1. The highest BCUT2D eigenvalue weighted by atomic mass is 16.5. The van der Waals surface area contributed by atoms with E-state index in [-0.39, 0.29) is 11.9 Å². The molecule has 1 atom stereocenters. The second-order valence-corrected chi connectivity index (χ2v) is 5.64. The minimum absolute atomic E-state index is 0.00829. The number of nitrogens with one attached hydrogen (secondary N) is 1.